The Morgan fingerprint density at radius 3 is 2.60 bits per heavy atom. The van der Waals surface area contributed by atoms with Crippen molar-refractivity contribution in [2.24, 2.45) is 0 Å². The Morgan fingerprint density at radius 1 is 1.28 bits per heavy atom. The summed E-state index contributed by atoms with van der Waals surface area (Å²) in [6.07, 6.45) is 6.23. The van der Waals surface area contributed by atoms with Gasteiger partial charge < -0.3 is 10.1 Å². The fourth-order valence-electron chi connectivity index (χ4n) is 2.96. The zero-order valence-corrected chi connectivity index (χ0v) is 14.7. The van der Waals surface area contributed by atoms with Gasteiger partial charge in [-0.15, -0.1) is 0 Å². The second kappa shape index (κ2) is 8.48. The number of nitrogens with one attached hydrogen (secondary N) is 1. The molecule has 0 aromatic heterocycles. The first kappa shape index (κ1) is 18.7. The number of carbonyl (C=O) groups is 2. The van der Waals surface area contributed by atoms with Crippen molar-refractivity contribution in [1.82, 2.24) is 5.32 Å². The van der Waals surface area contributed by atoms with Gasteiger partial charge in [-0.05, 0) is 43.9 Å². The van der Waals surface area contributed by atoms with Gasteiger partial charge in [-0.1, -0.05) is 43.5 Å². The SMILES string of the molecule is Cc1ccccc1/C=C/C(=O)O[C@H](C)C(=O)NC1(C#N)CCCCC1. The summed E-state index contributed by atoms with van der Waals surface area (Å²) >= 11 is 0. The lowest BCUT2D eigenvalue weighted by atomic mass is 9.83. The highest BCUT2D eigenvalue weighted by Gasteiger charge is 2.35. The summed E-state index contributed by atoms with van der Waals surface area (Å²) < 4.78 is 5.16. The van der Waals surface area contributed by atoms with E-state index < -0.39 is 23.5 Å². The van der Waals surface area contributed by atoms with Crippen LogP contribution in [-0.2, 0) is 14.3 Å². The molecule has 5 nitrogen and oxygen atoms in total. The van der Waals surface area contributed by atoms with Gasteiger partial charge in [0.2, 0.25) is 0 Å². The lowest BCUT2D eigenvalue weighted by Gasteiger charge is -2.32. The Morgan fingerprint density at radius 2 is 1.96 bits per heavy atom. The maximum atomic E-state index is 12.3. The van der Waals surface area contributed by atoms with Crippen LogP contribution in [0.3, 0.4) is 0 Å². The highest BCUT2D eigenvalue weighted by molar-refractivity contribution is 5.90. The molecule has 1 saturated carbocycles. The maximum Gasteiger partial charge on any atom is 0.331 e. The van der Waals surface area contributed by atoms with E-state index in [-0.39, 0.29) is 0 Å². The molecular weight excluding hydrogens is 316 g/mol. The van der Waals surface area contributed by atoms with E-state index in [1.807, 2.05) is 31.2 Å². The Balaban J connectivity index is 1.91. The molecule has 25 heavy (non-hydrogen) atoms. The summed E-state index contributed by atoms with van der Waals surface area (Å²) in [6.45, 7) is 3.47. The molecule has 1 fully saturated rings. The molecule has 0 saturated heterocycles. The summed E-state index contributed by atoms with van der Waals surface area (Å²) in [6, 6.07) is 9.88. The van der Waals surface area contributed by atoms with E-state index >= 15 is 0 Å². The number of aryl methyl sites for hydroxylation is 1. The van der Waals surface area contributed by atoms with Gasteiger partial charge in [-0.2, -0.15) is 5.26 Å². The van der Waals surface area contributed by atoms with Gasteiger partial charge in [-0.25, -0.2) is 4.79 Å². The van der Waals surface area contributed by atoms with Crippen molar-refractivity contribution in [3.63, 3.8) is 0 Å². The Labute approximate surface area is 148 Å². The molecule has 0 heterocycles. The Bertz CT molecular complexity index is 697. The number of amides is 1. The summed E-state index contributed by atoms with van der Waals surface area (Å²) in [5.41, 5.74) is 1.14. The highest BCUT2D eigenvalue weighted by Crippen LogP contribution is 2.27. The summed E-state index contributed by atoms with van der Waals surface area (Å²) in [5, 5.41) is 12.2. The molecule has 1 aliphatic rings. The average Bonchev–Trinajstić information content (AvgIpc) is 2.61. The van der Waals surface area contributed by atoms with Crippen LogP contribution in [-0.4, -0.2) is 23.5 Å². The van der Waals surface area contributed by atoms with Crippen LogP contribution in [0, 0.1) is 18.3 Å². The van der Waals surface area contributed by atoms with Crippen LogP contribution in [0.4, 0.5) is 0 Å². The monoisotopic (exact) mass is 340 g/mol. The minimum Gasteiger partial charge on any atom is -0.449 e. The molecule has 0 spiro atoms. The van der Waals surface area contributed by atoms with Crippen molar-refractivity contribution in [3.8, 4) is 6.07 Å². The zero-order chi connectivity index (χ0) is 18.3. The molecule has 1 atom stereocenters. The molecule has 132 valence electrons. The summed E-state index contributed by atoms with van der Waals surface area (Å²) in [5.74, 6) is -1.01. The predicted octanol–water partition coefficient (Wildman–Crippen LogP) is 3.28. The highest BCUT2D eigenvalue weighted by atomic mass is 16.5. The standard InChI is InChI=1S/C20H24N2O3/c1-15-8-4-5-9-17(15)10-11-18(23)25-16(2)19(24)22-20(14-21)12-6-3-7-13-20/h4-5,8-11,16H,3,6-7,12-13H2,1-2H3,(H,22,24)/b11-10+/t16-/m1/s1. The third-order valence-electron chi connectivity index (χ3n) is 4.53. The molecule has 0 aliphatic heterocycles. The van der Waals surface area contributed by atoms with Crippen molar-refractivity contribution in [2.45, 2.75) is 57.6 Å². The number of hydrogen-bond donors (Lipinski definition) is 1. The third-order valence-corrected chi connectivity index (χ3v) is 4.53. The first-order valence-corrected chi connectivity index (χ1v) is 8.63. The first-order chi connectivity index (χ1) is 12.0. The number of esters is 1. The molecule has 1 aromatic rings. The fraction of sp³-hybridized carbons (Fsp3) is 0.450. The Kier molecular flexibility index (Phi) is 6.35. The van der Waals surface area contributed by atoms with Crippen molar-refractivity contribution in [2.75, 3.05) is 0 Å². The smallest absolute Gasteiger partial charge is 0.331 e. The van der Waals surface area contributed by atoms with Gasteiger partial charge in [-0.3, -0.25) is 4.79 Å². The molecule has 1 aromatic carbocycles. The van der Waals surface area contributed by atoms with E-state index in [2.05, 4.69) is 11.4 Å². The maximum absolute atomic E-state index is 12.3. The van der Waals surface area contributed by atoms with Crippen LogP contribution >= 0.6 is 0 Å². The molecule has 0 bridgehead atoms. The molecule has 1 N–H and O–H groups in total. The number of nitrogens with zero attached hydrogens (tertiary/aromatic N) is 1. The van der Waals surface area contributed by atoms with E-state index in [1.54, 1.807) is 6.08 Å². The van der Waals surface area contributed by atoms with Crippen LogP contribution in [0.15, 0.2) is 30.3 Å². The first-order valence-electron chi connectivity index (χ1n) is 8.63. The van der Waals surface area contributed by atoms with Gasteiger partial charge >= 0.3 is 5.97 Å². The van der Waals surface area contributed by atoms with Gasteiger partial charge in [0.15, 0.2) is 6.10 Å². The number of benzene rings is 1. The van der Waals surface area contributed by atoms with E-state index in [9.17, 15) is 14.9 Å². The second-order valence-corrected chi connectivity index (χ2v) is 6.51. The van der Waals surface area contributed by atoms with Crippen LogP contribution in [0.1, 0.15) is 50.2 Å². The molecule has 1 amide bonds. The average molecular weight is 340 g/mol. The number of ether oxygens (including phenoxy) is 1. The van der Waals surface area contributed by atoms with Crippen molar-refractivity contribution in [1.29, 1.82) is 5.26 Å². The molecule has 2 rings (SSSR count). The number of nitriles is 1. The molecule has 1 aliphatic carbocycles. The molecule has 0 unspecified atom stereocenters. The van der Waals surface area contributed by atoms with Crippen molar-refractivity contribution in [3.05, 3.63) is 41.5 Å². The van der Waals surface area contributed by atoms with Crippen LogP contribution < -0.4 is 5.32 Å². The summed E-state index contributed by atoms with van der Waals surface area (Å²) in [7, 11) is 0. The Hall–Kier alpha value is -2.61. The minimum atomic E-state index is -0.943. The third kappa shape index (κ3) is 5.18. The quantitative estimate of drug-likeness (QED) is 0.659. The van der Waals surface area contributed by atoms with E-state index in [1.165, 1.54) is 13.0 Å². The van der Waals surface area contributed by atoms with Gasteiger partial charge in [0.05, 0.1) is 6.07 Å². The minimum absolute atomic E-state index is 0.430. The lowest BCUT2D eigenvalue weighted by Crippen LogP contribution is -2.52. The van der Waals surface area contributed by atoms with E-state index in [0.29, 0.717) is 12.8 Å². The van der Waals surface area contributed by atoms with Gasteiger partial charge in [0.1, 0.15) is 5.54 Å². The number of hydrogen-bond acceptors (Lipinski definition) is 4. The molecular formula is C20H24N2O3. The van der Waals surface area contributed by atoms with Crippen LogP contribution in [0.2, 0.25) is 0 Å². The number of carbonyl (C=O) groups excluding carboxylic acids is 2. The normalized spacial score (nSPS) is 17.5. The summed E-state index contributed by atoms with van der Waals surface area (Å²) in [4.78, 5) is 24.2. The van der Waals surface area contributed by atoms with Crippen molar-refractivity contribution >= 4 is 18.0 Å². The molecule has 0 radical (unpaired) electrons. The number of rotatable bonds is 5. The van der Waals surface area contributed by atoms with Gasteiger partial charge in [0.25, 0.3) is 5.91 Å². The second-order valence-electron chi connectivity index (χ2n) is 6.51. The van der Waals surface area contributed by atoms with E-state index in [4.69, 9.17) is 4.74 Å². The lowest BCUT2D eigenvalue weighted by molar-refractivity contribution is -0.150. The largest absolute Gasteiger partial charge is 0.449 e. The van der Waals surface area contributed by atoms with E-state index in [0.717, 1.165) is 30.4 Å². The van der Waals surface area contributed by atoms with Crippen molar-refractivity contribution < 1.29 is 14.3 Å². The van der Waals surface area contributed by atoms with Crippen LogP contribution in [0.25, 0.3) is 6.08 Å². The zero-order valence-electron chi connectivity index (χ0n) is 14.7. The van der Waals surface area contributed by atoms with Crippen LogP contribution in [0.5, 0.6) is 0 Å². The topological polar surface area (TPSA) is 79.2 Å². The van der Waals surface area contributed by atoms with Gasteiger partial charge in [0, 0.05) is 6.08 Å². The molecule has 5 heteroatoms. The predicted molar refractivity (Wildman–Crippen MR) is 95.3 cm³/mol. The fourth-order valence-corrected chi connectivity index (χ4v) is 2.96.